The van der Waals surface area contributed by atoms with Gasteiger partial charge in [-0.3, -0.25) is 14.4 Å². The van der Waals surface area contributed by atoms with Crippen LogP contribution in [0.5, 0.6) is 11.5 Å². The number of carbonyl (C=O) groups excluding carboxylic acids is 3. The molecule has 0 atom stereocenters. The first-order chi connectivity index (χ1) is 11.9. The third-order valence-electron chi connectivity index (χ3n) is 4.43. The molecule has 2 N–H and O–H groups in total. The smallest absolute Gasteiger partial charge is 0.310 e. The fraction of sp³-hybridized carbons (Fsp3) is 0.211. The second kappa shape index (κ2) is 6.05. The minimum atomic E-state index is -0.626. The molecule has 6 nitrogen and oxygen atoms in total. The highest BCUT2D eigenvalue weighted by Crippen LogP contribution is 2.43. The maximum atomic E-state index is 12.8. The van der Waals surface area contributed by atoms with E-state index in [-0.39, 0.29) is 52.0 Å². The number of benzene rings is 2. The number of esters is 1. The molecule has 3 rings (SSSR count). The number of ether oxygens (including phenoxy) is 1. The summed E-state index contributed by atoms with van der Waals surface area (Å²) >= 11 is 0. The molecular formula is C19H16O6. The third-order valence-corrected chi connectivity index (χ3v) is 4.43. The van der Waals surface area contributed by atoms with Gasteiger partial charge in [0.25, 0.3) is 0 Å². The lowest BCUT2D eigenvalue weighted by Crippen LogP contribution is -2.23. The summed E-state index contributed by atoms with van der Waals surface area (Å²) in [6.45, 7) is 1.71. The molecule has 0 radical (unpaired) electrons. The summed E-state index contributed by atoms with van der Waals surface area (Å²) in [5, 5.41) is 21.2. The highest BCUT2D eigenvalue weighted by atomic mass is 16.5. The molecule has 0 amide bonds. The average molecular weight is 340 g/mol. The normalized spacial score (nSPS) is 12.6. The Morgan fingerprint density at radius 1 is 0.960 bits per heavy atom. The van der Waals surface area contributed by atoms with Gasteiger partial charge in [-0.2, -0.15) is 0 Å². The van der Waals surface area contributed by atoms with Gasteiger partial charge in [0.05, 0.1) is 24.7 Å². The first kappa shape index (κ1) is 16.7. The lowest BCUT2D eigenvalue weighted by molar-refractivity contribution is -0.139. The predicted molar refractivity (Wildman–Crippen MR) is 88.2 cm³/mol. The van der Waals surface area contributed by atoms with Crippen LogP contribution in [0.15, 0.2) is 24.3 Å². The lowest BCUT2D eigenvalue weighted by Gasteiger charge is -2.23. The summed E-state index contributed by atoms with van der Waals surface area (Å²) in [5.41, 5.74) is 0.206. The van der Waals surface area contributed by atoms with Crippen LogP contribution in [0.2, 0.25) is 0 Å². The molecule has 0 aliphatic heterocycles. The molecule has 1 aliphatic rings. The number of aromatic hydroxyl groups is 2. The molecule has 2 aromatic carbocycles. The van der Waals surface area contributed by atoms with Crippen molar-refractivity contribution in [1.82, 2.24) is 0 Å². The molecule has 1 aliphatic carbocycles. The zero-order valence-corrected chi connectivity index (χ0v) is 13.8. The predicted octanol–water partition coefficient (Wildman–Crippen LogP) is 2.15. The summed E-state index contributed by atoms with van der Waals surface area (Å²) in [7, 11) is 1.20. The Bertz CT molecular complexity index is 926. The first-order valence-corrected chi connectivity index (χ1v) is 7.77. The number of ketones is 2. The molecule has 25 heavy (non-hydrogen) atoms. The number of hydrogen-bond acceptors (Lipinski definition) is 6. The molecule has 2 aromatic rings. The van der Waals surface area contributed by atoms with E-state index in [0.717, 1.165) is 0 Å². The molecule has 0 saturated carbocycles. The van der Waals surface area contributed by atoms with Gasteiger partial charge in [-0.15, -0.1) is 0 Å². The molecule has 128 valence electrons. The Morgan fingerprint density at radius 2 is 1.44 bits per heavy atom. The van der Waals surface area contributed by atoms with Crippen LogP contribution in [0.1, 0.15) is 49.9 Å². The van der Waals surface area contributed by atoms with Crippen LogP contribution in [0, 0.1) is 0 Å². The molecule has 0 heterocycles. The van der Waals surface area contributed by atoms with Crippen LogP contribution in [0.25, 0.3) is 0 Å². The molecule has 0 fully saturated rings. The van der Waals surface area contributed by atoms with Crippen LogP contribution in [0.4, 0.5) is 0 Å². The molecule has 0 aromatic heterocycles. The van der Waals surface area contributed by atoms with Crippen molar-refractivity contribution in [1.29, 1.82) is 0 Å². The summed E-state index contributed by atoms with van der Waals surface area (Å²) in [5.74, 6) is -2.55. The summed E-state index contributed by atoms with van der Waals surface area (Å²) in [4.78, 5) is 37.2. The molecule has 0 spiro atoms. The number of rotatable bonds is 3. The van der Waals surface area contributed by atoms with E-state index < -0.39 is 23.3 Å². The van der Waals surface area contributed by atoms with Gasteiger partial charge in [0.2, 0.25) is 0 Å². The quantitative estimate of drug-likeness (QED) is 0.560. The number of hydrogen-bond donors (Lipinski definition) is 2. The van der Waals surface area contributed by atoms with E-state index in [0.29, 0.717) is 0 Å². The first-order valence-electron chi connectivity index (χ1n) is 7.77. The van der Waals surface area contributed by atoms with Crippen LogP contribution >= 0.6 is 0 Å². The van der Waals surface area contributed by atoms with Gasteiger partial charge >= 0.3 is 5.97 Å². The second-order valence-corrected chi connectivity index (χ2v) is 5.71. The van der Waals surface area contributed by atoms with Gasteiger partial charge in [0.1, 0.15) is 11.5 Å². The van der Waals surface area contributed by atoms with Gasteiger partial charge in [-0.25, -0.2) is 0 Å². The van der Waals surface area contributed by atoms with Crippen LogP contribution in [0.3, 0.4) is 0 Å². The van der Waals surface area contributed by atoms with E-state index in [1.54, 1.807) is 19.1 Å². The van der Waals surface area contributed by atoms with Gasteiger partial charge in [-0.1, -0.05) is 31.2 Å². The zero-order valence-electron chi connectivity index (χ0n) is 13.8. The summed E-state index contributed by atoms with van der Waals surface area (Å²) in [6, 6.07) is 6.23. The van der Waals surface area contributed by atoms with E-state index in [4.69, 9.17) is 0 Å². The lowest BCUT2D eigenvalue weighted by atomic mass is 9.80. The monoisotopic (exact) mass is 340 g/mol. The van der Waals surface area contributed by atoms with E-state index in [2.05, 4.69) is 4.74 Å². The third kappa shape index (κ3) is 2.38. The van der Waals surface area contributed by atoms with Gasteiger partial charge in [-0.05, 0) is 6.42 Å². The van der Waals surface area contributed by atoms with Crippen molar-refractivity contribution in [2.24, 2.45) is 0 Å². The Kier molecular flexibility index (Phi) is 4.04. The van der Waals surface area contributed by atoms with Crippen molar-refractivity contribution in [2.45, 2.75) is 19.8 Å². The Hall–Kier alpha value is -3.15. The molecule has 6 heteroatoms. The van der Waals surface area contributed by atoms with Crippen LogP contribution in [-0.2, 0) is 22.4 Å². The summed E-state index contributed by atoms with van der Waals surface area (Å²) < 4.78 is 4.61. The average Bonchev–Trinajstić information content (AvgIpc) is 2.62. The van der Waals surface area contributed by atoms with Crippen molar-refractivity contribution in [2.75, 3.05) is 7.11 Å². The highest BCUT2D eigenvalue weighted by molar-refractivity contribution is 6.30. The van der Waals surface area contributed by atoms with Crippen molar-refractivity contribution >= 4 is 17.5 Å². The maximum absolute atomic E-state index is 12.8. The Morgan fingerprint density at radius 3 is 1.88 bits per heavy atom. The van der Waals surface area contributed by atoms with Crippen LogP contribution in [-0.4, -0.2) is 34.9 Å². The van der Waals surface area contributed by atoms with Crippen molar-refractivity contribution in [3.05, 3.63) is 57.6 Å². The van der Waals surface area contributed by atoms with Crippen molar-refractivity contribution in [3.63, 3.8) is 0 Å². The Balaban J connectivity index is 2.34. The maximum Gasteiger partial charge on any atom is 0.310 e. The van der Waals surface area contributed by atoms with Crippen molar-refractivity contribution in [3.8, 4) is 11.5 Å². The molecule has 0 saturated heterocycles. The fourth-order valence-electron chi connectivity index (χ4n) is 3.20. The zero-order chi connectivity index (χ0) is 18.3. The topological polar surface area (TPSA) is 101 Å². The number of fused-ring (bicyclic) bond motifs is 2. The summed E-state index contributed by atoms with van der Waals surface area (Å²) in [6.07, 6.45) is -0.0441. The minimum Gasteiger partial charge on any atom is -0.507 e. The second-order valence-electron chi connectivity index (χ2n) is 5.71. The van der Waals surface area contributed by atoms with Gasteiger partial charge < -0.3 is 14.9 Å². The minimum absolute atomic E-state index is 0.103. The Labute approximate surface area is 143 Å². The number of methoxy groups -OCH3 is 1. The highest BCUT2D eigenvalue weighted by Gasteiger charge is 2.37. The fourth-order valence-corrected chi connectivity index (χ4v) is 3.20. The largest absolute Gasteiger partial charge is 0.507 e. The molecular weight excluding hydrogens is 324 g/mol. The van der Waals surface area contributed by atoms with E-state index >= 15 is 0 Å². The van der Waals surface area contributed by atoms with Gasteiger partial charge in [0.15, 0.2) is 11.6 Å². The van der Waals surface area contributed by atoms with Crippen LogP contribution < -0.4 is 0 Å². The number of phenols is 2. The van der Waals surface area contributed by atoms with Crippen molar-refractivity contribution < 1.29 is 29.3 Å². The van der Waals surface area contributed by atoms with E-state index in [1.165, 1.54) is 19.2 Å². The number of phenolic OH excluding ortho intramolecular Hbond substituents is 2. The van der Waals surface area contributed by atoms with E-state index in [9.17, 15) is 24.6 Å². The SMILES string of the molecule is CCc1c(O)c2c(c(O)c1CC(=O)OC)C(=O)c1ccccc1C2=O. The standard InChI is InChI=1S/C19H16O6/c1-3-9-12(8-13(20)25-2)19(24)15-14(16(9)21)17(22)10-6-4-5-7-11(10)18(15)23/h4-7,21,24H,3,8H2,1-2H3. The molecule has 0 bridgehead atoms. The molecule has 0 unspecified atom stereocenters. The van der Waals surface area contributed by atoms with E-state index in [1.807, 2.05) is 0 Å². The number of carbonyl (C=O) groups is 3. The van der Waals surface area contributed by atoms with Gasteiger partial charge in [0, 0.05) is 22.3 Å².